The third-order valence-corrected chi connectivity index (χ3v) is 5.83. The molecule has 0 bridgehead atoms. The van der Waals surface area contributed by atoms with E-state index in [0.717, 1.165) is 33.3 Å². The number of hydrogen-bond donors (Lipinski definition) is 0. The van der Waals surface area contributed by atoms with Gasteiger partial charge >= 0.3 is 0 Å². The molecule has 5 aromatic rings. The summed E-state index contributed by atoms with van der Waals surface area (Å²) in [6, 6.07) is 23.4. The second kappa shape index (κ2) is 7.10. The van der Waals surface area contributed by atoms with Crippen molar-refractivity contribution in [3.8, 4) is 22.4 Å². The van der Waals surface area contributed by atoms with Gasteiger partial charge < -0.3 is 4.42 Å². The minimum atomic E-state index is 0.362. The van der Waals surface area contributed by atoms with E-state index in [1.54, 1.807) is 0 Å². The fourth-order valence-corrected chi connectivity index (χ4v) is 4.22. The van der Waals surface area contributed by atoms with Gasteiger partial charge in [0.05, 0.1) is 11.1 Å². The second-order valence-electron chi connectivity index (χ2n) is 8.23. The number of rotatable bonds is 3. The lowest BCUT2D eigenvalue weighted by Crippen LogP contribution is -2.31. The third-order valence-electron chi connectivity index (χ3n) is 5.83. The van der Waals surface area contributed by atoms with Crippen LogP contribution in [0.4, 0.5) is 0 Å². The van der Waals surface area contributed by atoms with Crippen molar-refractivity contribution >= 4 is 22.1 Å². The van der Waals surface area contributed by atoms with E-state index < -0.39 is 0 Å². The first kappa shape index (κ1) is 18.6. The number of fused-ring (bicyclic) bond motifs is 3. The number of benzene rings is 2. The van der Waals surface area contributed by atoms with Gasteiger partial charge in [-0.1, -0.05) is 56.3 Å². The molecule has 5 rings (SSSR count). The minimum absolute atomic E-state index is 0.362. The molecule has 0 N–H and O–H groups in total. The molecular formula is C27H25N2O+. The Morgan fingerprint density at radius 1 is 0.867 bits per heavy atom. The van der Waals surface area contributed by atoms with Gasteiger partial charge in [-0.25, -0.2) is 9.55 Å². The lowest BCUT2D eigenvalue weighted by atomic mass is 9.94. The molecule has 0 aliphatic carbocycles. The largest absolute Gasteiger partial charge is 0.437 e. The van der Waals surface area contributed by atoms with Crippen molar-refractivity contribution in [2.45, 2.75) is 26.7 Å². The Morgan fingerprint density at radius 2 is 1.63 bits per heavy atom. The highest BCUT2D eigenvalue weighted by Gasteiger charge is 2.25. The zero-order valence-electron chi connectivity index (χ0n) is 17.8. The highest BCUT2D eigenvalue weighted by molar-refractivity contribution is 6.09. The van der Waals surface area contributed by atoms with E-state index in [1.807, 2.05) is 0 Å². The summed E-state index contributed by atoms with van der Waals surface area (Å²) < 4.78 is 8.62. The van der Waals surface area contributed by atoms with Crippen LogP contribution in [0.25, 0.3) is 44.5 Å². The van der Waals surface area contributed by atoms with E-state index in [-0.39, 0.29) is 0 Å². The molecule has 3 aromatic heterocycles. The number of furan rings is 1. The van der Waals surface area contributed by atoms with Crippen LogP contribution >= 0.6 is 0 Å². The fourth-order valence-electron chi connectivity index (χ4n) is 4.22. The number of pyridine rings is 2. The third kappa shape index (κ3) is 2.89. The molecule has 3 heterocycles. The zero-order valence-corrected chi connectivity index (χ0v) is 17.8. The van der Waals surface area contributed by atoms with Crippen LogP contribution in [0.1, 0.15) is 31.0 Å². The molecule has 0 spiro atoms. The lowest BCUT2D eigenvalue weighted by molar-refractivity contribution is -0.659. The standard InChI is InChI=1S/C27H25N2O/c1-17(2)23-15-14-22-21-13-12-18(3)24(26(21)30-27(22)28-23)25-20(11-8-16-29(25)4)19-9-6-5-7-10-19/h5-17H,1-4H3/q+1. The smallest absolute Gasteiger partial charge is 0.227 e. The van der Waals surface area contributed by atoms with Gasteiger partial charge in [0.15, 0.2) is 11.8 Å². The topological polar surface area (TPSA) is 29.9 Å². The molecule has 0 saturated carbocycles. The molecule has 0 fully saturated rings. The van der Waals surface area contributed by atoms with Crippen LogP contribution in [-0.2, 0) is 7.05 Å². The van der Waals surface area contributed by atoms with Gasteiger partial charge in [0, 0.05) is 22.5 Å². The first-order chi connectivity index (χ1) is 14.5. The van der Waals surface area contributed by atoms with E-state index in [4.69, 9.17) is 9.40 Å². The van der Waals surface area contributed by atoms with Gasteiger partial charge in [0.25, 0.3) is 0 Å². The van der Waals surface area contributed by atoms with E-state index in [1.165, 1.54) is 16.7 Å². The van der Waals surface area contributed by atoms with E-state index >= 15 is 0 Å². The molecule has 0 atom stereocenters. The van der Waals surface area contributed by atoms with Gasteiger partial charge in [-0.3, -0.25) is 0 Å². The number of aryl methyl sites for hydroxylation is 2. The zero-order chi connectivity index (χ0) is 20.8. The average molecular weight is 394 g/mol. The summed E-state index contributed by atoms with van der Waals surface area (Å²) >= 11 is 0. The molecule has 0 radical (unpaired) electrons. The van der Waals surface area contributed by atoms with Crippen molar-refractivity contribution in [3.05, 3.63) is 84.2 Å². The highest BCUT2D eigenvalue weighted by atomic mass is 16.3. The Labute approximate surface area is 176 Å². The van der Waals surface area contributed by atoms with E-state index in [0.29, 0.717) is 11.6 Å². The molecule has 3 nitrogen and oxygen atoms in total. The first-order valence-electron chi connectivity index (χ1n) is 10.4. The highest BCUT2D eigenvalue weighted by Crippen LogP contribution is 2.39. The van der Waals surface area contributed by atoms with Gasteiger partial charge in [0.1, 0.15) is 7.05 Å². The van der Waals surface area contributed by atoms with E-state index in [2.05, 4.69) is 105 Å². The van der Waals surface area contributed by atoms with Crippen LogP contribution in [0.3, 0.4) is 0 Å². The first-order valence-corrected chi connectivity index (χ1v) is 10.4. The molecule has 0 unspecified atom stereocenters. The van der Waals surface area contributed by atoms with Crippen molar-refractivity contribution in [2.75, 3.05) is 0 Å². The van der Waals surface area contributed by atoms with Crippen LogP contribution in [0.5, 0.6) is 0 Å². The van der Waals surface area contributed by atoms with Crippen LogP contribution in [0.15, 0.2) is 77.3 Å². The molecule has 0 aliphatic rings. The van der Waals surface area contributed by atoms with Gasteiger partial charge in [-0.05, 0) is 42.2 Å². The van der Waals surface area contributed by atoms with Crippen molar-refractivity contribution in [3.63, 3.8) is 0 Å². The predicted molar refractivity (Wildman–Crippen MR) is 122 cm³/mol. The maximum Gasteiger partial charge on any atom is 0.227 e. The van der Waals surface area contributed by atoms with Gasteiger partial charge in [0.2, 0.25) is 11.4 Å². The Morgan fingerprint density at radius 3 is 2.40 bits per heavy atom. The van der Waals surface area contributed by atoms with Crippen LogP contribution in [0, 0.1) is 6.92 Å². The van der Waals surface area contributed by atoms with Crippen LogP contribution in [0.2, 0.25) is 0 Å². The summed E-state index contributed by atoms with van der Waals surface area (Å²) in [5.74, 6) is 0.362. The summed E-state index contributed by atoms with van der Waals surface area (Å²) in [5, 5.41) is 2.17. The van der Waals surface area contributed by atoms with E-state index in [9.17, 15) is 0 Å². The summed E-state index contributed by atoms with van der Waals surface area (Å²) in [6.45, 7) is 6.46. The van der Waals surface area contributed by atoms with Crippen molar-refractivity contribution in [1.29, 1.82) is 0 Å². The number of aromatic nitrogens is 2. The summed E-state index contributed by atoms with van der Waals surface area (Å²) in [5.41, 5.74) is 8.50. The molecule has 30 heavy (non-hydrogen) atoms. The van der Waals surface area contributed by atoms with Gasteiger partial charge in [-0.15, -0.1) is 0 Å². The minimum Gasteiger partial charge on any atom is -0.437 e. The fraction of sp³-hybridized carbons (Fsp3) is 0.185. The Bertz CT molecular complexity index is 1380. The quantitative estimate of drug-likeness (QED) is 0.324. The molecule has 148 valence electrons. The lowest BCUT2D eigenvalue weighted by Gasteiger charge is -2.10. The van der Waals surface area contributed by atoms with Crippen molar-refractivity contribution < 1.29 is 8.98 Å². The monoisotopic (exact) mass is 393 g/mol. The average Bonchev–Trinajstić information content (AvgIpc) is 3.12. The summed E-state index contributed by atoms with van der Waals surface area (Å²) in [7, 11) is 2.10. The predicted octanol–water partition coefficient (Wildman–Crippen LogP) is 6.57. The van der Waals surface area contributed by atoms with Crippen LogP contribution < -0.4 is 4.57 Å². The normalized spacial score (nSPS) is 11.6. The summed E-state index contributed by atoms with van der Waals surface area (Å²) in [4.78, 5) is 4.81. The maximum absolute atomic E-state index is 6.43. The van der Waals surface area contributed by atoms with Crippen molar-refractivity contribution in [2.24, 2.45) is 7.05 Å². The molecule has 0 aliphatic heterocycles. The molecule has 2 aromatic carbocycles. The molecular weight excluding hydrogens is 368 g/mol. The SMILES string of the molecule is Cc1ccc2c(oc3nc(C(C)C)ccc32)c1-c1c(-c2ccccc2)ccc[n+]1C. The van der Waals surface area contributed by atoms with Crippen LogP contribution in [-0.4, -0.2) is 4.98 Å². The number of hydrogen-bond acceptors (Lipinski definition) is 2. The Hall–Kier alpha value is -3.46. The maximum atomic E-state index is 6.43. The Kier molecular flexibility index (Phi) is 4.39. The second-order valence-corrected chi connectivity index (χ2v) is 8.23. The summed E-state index contributed by atoms with van der Waals surface area (Å²) in [6.07, 6.45) is 2.10. The molecule has 0 saturated heterocycles. The Balaban J connectivity index is 1.86. The number of nitrogens with zero attached hydrogens (tertiary/aromatic N) is 2. The van der Waals surface area contributed by atoms with Gasteiger partial charge in [-0.2, -0.15) is 0 Å². The van der Waals surface area contributed by atoms with Crippen molar-refractivity contribution in [1.82, 2.24) is 4.98 Å². The molecule has 3 heteroatoms. The molecule has 0 amide bonds.